The molecule has 5 amide bonds. The van der Waals surface area contributed by atoms with Crippen LogP contribution in [-0.4, -0.2) is 67.2 Å². The second-order valence-electron chi connectivity index (χ2n) is 9.11. The molecular formula is C28H30ClFN6O5. The van der Waals surface area contributed by atoms with Crippen LogP contribution in [0.15, 0.2) is 60.8 Å². The minimum atomic E-state index is -0.767. The van der Waals surface area contributed by atoms with Gasteiger partial charge in [0.25, 0.3) is 0 Å². The molecule has 1 aliphatic heterocycles. The summed E-state index contributed by atoms with van der Waals surface area (Å²) >= 11 is 6.30. The molecule has 216 valence electrons. The van der Waals surface area contributed by atoms with Crippen molar-refractivity contribution in [2.75, 3.05) is 50.0 Å². The number of imide groups is 1. The molecule has 0 bridgehead atoms. The molecule has 41 heavy (non-hydrogen) atoms. The molecule has 1 aliphatic rings. The highest BCUT2D eigenvalue weighted by Crippen LogP contribution is 2.30. The molecule has 0 unspecified atom stereocenters. The van der Waals surface area contributed by atoms with E-state index in [1.807, 2.05) is 0 Å². The van der Waals surface area contributed by atoms with Gasteiger partial charge < -0.3 is 20.1 Å². The average molecular weight is 585 g/mol. The van der Waals surface area contributed by atoms with E-state index < -0.39 is 17.8 Å². The van der Waals surface area contributed by atoms with Crippen molar-refractivity contribution >= 4 is 41.1 Å². The SMILES string of the molecule is O=C(Cc1ccc(F)cc1)NC(=O)Nc1ccc(Oc2ccnc(NC(=O)NCCCN3CCOCC3)c2)cc1Cl. The Morgan fingerprint density at radius 1 is 0.976 bits per heavy atom. The van der Waals surface area contributed by atoms with Gasteiger partial charge in [0.15, 0.2) is 0 Å². The van der Waals surface area contributed by atoms with Crippen molar-refractivity contribution < 1.29 is 28.2 Å². The van der Waals surface area contributed by atoms with Crippen LogP contribution in [0.1, 0.15) is 12.0 Å². The lowest BCUT2D eigenvalue weighted by Crippen LogP contribution is -2.38. The first-order valence-electron chi connectivity index (χ1n) is 13.0. The molecule has 1 saturated heterocycles. The lowest BCUT2D eigenvalue weighted by molar-refractivity contribution is -0.119. The monoisotopic (exact) mass is 584 g/mol. The maximum atomic E-state index is 13.0. The van der Waals surface area contributed by atoms with Crippen molar-refractivity contribution in [2.24, 2.45) is 0 Å². The van der Waals surface area contributed by atoms with Crippen LogP contribution >= 0.6 is 11.6 Å². The number of anilines is 2. The van der Waals surface area contributed by atoms with Gasteiger partial charge in [-0.05, 0) is 48.9 Å². The van der Waals surface area contributed by atoms with Gasteiger partial charge in [-0.3, -0.25) is 20.3 Å². The molecule has 11 nitrogen and oxygen atoms in total. The third-order valence-corrected chi connectivity index (χ3v) is 6.28. The Bertz CT molecular complexity index is 1350. The molecule has 0 aliphatic carbocycles. The maximum absolute atomic E-state index is 13.0. The zero-order valence-corrected chi connectivity index (χ0v) is 22.9. The largest absolute Gasteiger partial charge is 0.457 e. The molecule has 2 aromatic carbocycles. The Hall–Kier alpha value is -4.26. The lowest BCUT2D eigenvalue weighted by atomic mass is 10.1. The number of amides is 5. The summed E-state index contributed by atoms with van der Waals surface area (Å²) in [5.41, 5.74) is 0.819. The molecule has 0 radical (unpaired) electrons. The van der Waals surface area contributed by atoms with E-state index in [1.54, 1.807) is 18.2 Å². The zero-order valence-electron chi connectivity index (χ0n) is 22.1. The molecule has 2 heterocycles. The molecule has 1 aromatic heterocycles. The van der Waals surface area contributed by atoms with E-state index in [1.165, 1.54) is 42.6 Å². The third-order valence-electron chi connectivity index (χ3n) is 5.97. The van der Waals surface area contributed by atoms with Crippen LogP contribution in [0.2, 0.25) is 5.02 Å². The fourth-order valence-electron chi connectivity index (χ4n) is 3.94. The van der Waals surface area contributed by atoms with Gasteiger partial charge in [0.1, 0.15) is 23.1 Å². The lowest BCUT2D eigenvalue weighted by Gasteiger charge is -2.26. The minimum absolute atomic E-state index is 0.0897. The second kappa shape index (κ2) is 14.9. The molecule has 13 heteroatoms. The third kappa shape index (κ3) is 10.0. The van der Waals surface area contributed by atoms with Crippen LogP contribution < -0.4 is 26.0 Å². The Labute approximate surface area is 241 Å². The average Bonchev–Trinajstić information content (AvgIpc) is 2.94. The number of nitrogens with zero attached hydrogens (tertiary/aromatic N) is 2. The van der Waals surface area contributed by atoms with Crippen molar-refractivity contribution in [3.63, 3.8) is 0 Å². The Balaban J connectivity index is 1.22. The van der Waals surface area contributed by atoms with Crippen LogP contribution in [-0.2, 0) is 16.0 Å². The molecular weight excluding hydrogens is 555 g/mol. The highest BCUT2D eigenvalue weighted by atomic mass is 35.5. The summed E-state index contributed by atoms with van der Waals surface area (Å²) in [7, 11) is 0. The second-order valence-corrected chi connectivity index (χ2v) is 9.52. The number of nitrogens with one attached hydrogen (secondary N) is 4. The van der Waals surface area contributed by atoms with Gasteiger partial charge >= 0.3 is 12.1 Å². The van der Waals surface area contributed by atoms with E-state index in [0.717, 1.165) is 39.3 Å². The number of ether oxygens (including phenoxy) is 2. The van der Waals surface area contributed by atoms with Gasteiger partial charge in [-0.2, -0.15) is 0 Å². The van der Waals surface area contributed by atoms with Crippen molar-refractivity contribution in [3.8, 4) is 11.5 Å². The van der Waals surface area contributed by atoms with E-state index in [-0.39, 0.29) is 23.2 Å². The summed E-state index contributed by atoms with van der Waals surface area (Å²) in [6.07, 6.45) is 2.23. The summed E-state index contributed by atoms with van der Waals surface area (Å²) in [4.78, 5) is 43.0. The normalized spacial score (nSPS) is 13.2. The predicted octanol–water partition coefficient (Wildman–Crippen LogP) is 4.40. The molecule has 4 N–H and O–H groups in total. The van der Waals surface area contributed by atoms with E-state index in [0.29, 0.717) is 29.4 Å². The number of carbonyl (C=O) groups excluding carboxylic acids is 3. The summed E-state index contributed by atoms with van der Waals surface area (Å²) in [6, 6.07) is 12.0. The number of hydrogen-bond acceptors (Lipinski definition) is 7. The molecule has 0 saturated carbocycles. The summed E-state index contributed by atoms with van der Waals surface area (Å²) in [5, 5.41) is 10.4. The van der Waals surface area contributed by atoms with Gasteiger partial charge in [0.2, 0.25) is 5.91 Å². The van der Waals surface area contributed by atoms with E-state index in [2.05, 4.69) is 31.2 Å². The van der Waals surface area contributed by atoms with Crippen LogP contribution in [0.4, 0.5) is 25.5 Å². The van der Waals surface area contributed by atoms with Gasteiger partial charge in [-0.1, -0.05) is 23.7 Å². The first-order valence-corrected chi connectivity index (χ1v) is 13.4. The maximum Gasteiger partial charge on any atom is 0.325 e. The fourth-order valence-corrected chi connectivity index (χ4v) is 4.16. The Morgan fingerprint density at radius 3 is 2.49 bits per heavy atom. The predicted molar refractivity (Wildman–Crippen MR) is 152 cm³/mol. The number of carbonyl (C=O) groups is 3. The number of morpholine rings is 1. The van der Waals surface area contributed by atoms with Crippen LogP contribution in [0.5, 0.6) is 11.5 Å². The van der Waals surface area contributed by atoms with Gasteiger partial charge in [-0.25, -0.2) is 19.0 Å². The van der Waals surface area contributed by atoms with E-state index >= 15 is 0 Å². The summed E-state index contributed by atoms with van der Waals surface area (Å²) in [5.74, 6) is 0.110. The fraction of sp³-hybridized carbons (Fsp3) is 0.286. The van der Waals surface area contributed by atoms with Crippen LogP contribution in [0.3, 0.4) is 0 Å². The molecule has 0 spiro atoms. The number of urea groups is 2. The first-order chi connectivity index (χ1) is 19.8. The summed E-state index contributed by atoms with van der Waals surface area (Å²) < 4.78 is 24.2. The van der Waals surface area contributed by atoms with Crippen LogP contribution in [0, 0.1) is 5.82 Å². The van der Waals surface area contributed by atoms with E-state index in [9.17, 15) is 18.8 Å². The Kier molecular flexibility index (Phi) is 10.8. The topological polar surface area (TPSA) is 134 Å². The molecule has 4 rings (SSSR count). The molecule has 3 aromatic rings. The quantitative estimate of drug-likeness (QED) is 0.260. The highest BCUT2D eigenvalue weighted by molar-refractivity contribution is 6.33. The van der Waals surface area contributed by atoms with Crippen molar-refractivity contribution in [2.45, 2.75) is 12.8 Å². The van der Waals surface area contributed by atoms with Gasteiger partial charge in [-0.15, -0.1) is 0 Å². The smallest absolute Gasteiger partial charge is 0.325 e. The number of benzene rings is 2. The van der Waals surface area contributed by atoms with Gasteiger partial charge in [0, 0.05) is 38.0 Å². The van der Waals surface area contributed by atoms with Crippen molar-refractivity contribution in [1.29, 1.82) is 0 Å². The minimum Gasteiger partial charge on any atom is -0.457 e. The van der Waals surface area contributed by atoms with Crippen molar-refractivity contribution in [3.05, 3.63) is 77.2 Å². The Morgan fingerprint density at radius 2 is 1.73 bits per heavy atom. The number of aromatic nitrogens is 1. The van der Waals surface area contributed by atoms with Crippen LogP contribution in [0.25, 0.3) is 0 Å². The molecule has 1 fully saturated rings. The molecule has 0 atom stereocenters. The number of halogens is 2. The summed E-state index contributed by atoms with van der Waals surface area (Å²) in [6.45, 7) is 4.71. The van der Waals surface area contributed by atoms with Crippen molar-refractivity contribution in [1.82, 2.24) is 20.5 Å². The van der Waals surface area contributed by atoms with E-state index in [4.69, 9.17) is 21.1 Å². The first kappa shape index (κ1) is 29.7. The number of hydrogen-bond donors (Lipinski definition) is 4. The number of rotatable bonds is 10. The standard InChI is InChI=1S/C28H30ClFN6O5/c29-23-17-21(6-7-24(23)33-28(39)35-26(37)16-19-2-4-20(30)5-3-19)41-22-8-10-31-25(18-22)34-27(38)32-9-1-11-36-12-14-40-15-13-36/h2-8,10,17-18H,1,9,11-16H2,(H2,31,32,34,38)(H2,33,35,37,39). The highest BCUT2D eigenvalue weighted by Gasteiger charge is 2.13. The zero-order chi connectivity index (χ0) is 29.0. The van der Waals surface area contributed by atoms with Gasteiger partial charge in [0.05, 0.1) is 30.3 Å². The number of pyridine rings is 1.